The zero-order valence-electron chi connectivity index (χ0n) is 17.0. The molecule has 1 saturated heterocycles. The molecular formula is C23H24N4O4. The SMILES string of the molecule is O=C(N[C@H]1CCOC[C@@H]1O)c1cc(Cc2ccc(-n3cccn3)cc2)c2c(n1)CCO2. The Balaban J connectivity index is 1.37. The topological polar surface area (TPSA) is 98.5 Å². The molecule has 160 valence electrons. The fourth-order valence-corrected chi connectivity index (χ4v) is 4.03. The highest BCUT2D eigenvalue weighted by molar-refractivity contribution is 5.93. The zero-order valence-corrected chi connectivity index (χ0v) is 17.0. The first kappa shape index (κ1) is 19.7. The third-order valence-electron chi connectivity index (χ3n) is 5.68. The molecule has 2 atom stereocenters. The van der Waals surface area contributed by atoms with Crippen molar-refractivity contribution in [2.75, 3.05) is 19.8 Å². The summed E-state index contributed by atoms with van der Waals surface area (Å²) in [5.74, 6) is 0.495. The van der Waals surface area contributed by atoms with E-state index in [1.54, 1.807) is 12.3 Å². The number of ether oxygens (including phenoxy) is 2. The number of aromatic nitrogens is 3. The van der Waals surface area contributed by atoms with Crippen LogP contribution in [-0.4, -0.2) is 57.7 Å². The fourth-order valence-electron chi connectivity index (χ4n) is 4.03. The number of aliphatic hydroxyl groups is 1. The molecule has 5 rings (SSSR count). The Kier molecular flexibility index (Phi) is 5.40. The lowest BCUT2D eigenvalue weighted by Gasteiger charge is -2.28. The van der Waals surface area contributed by atoms with Crippen molar-refractivity contribution in [2.24, 2.45) is 0 Å². The first-order chi connectivity index (χ1) is 15.2. The Morgan fingerprint density at radius 2 is 2.13 bits per heavy atom. The molecule has 8 nitrogen and oxygen atoms in total. The van der Waals surface area contributed by atoms with Crippen LogP contribution in [0.15, 0.2) is 48.8 Å². The fraction of sp³-hybridized carbons (Fsp3) is 0.348. The first-order valence-electron chi connectivity index (χ1n) is 10.5. The van der Waals surface area contributed by atoms with E-state index in [-0.39, 0.29) is 18.6 Å². The predicted molar refractivity (Wildman–Crippen MR) is 113 cm³/mol. The minimum atomic E-state index is -0.705. The lowest BCUT2D eigenvalue weighted by atomic mass is 10.0. The van der Waals surface area contributed by atoms with Gasteiger partial charge in [0.2, 0.25) is 0 Å². The highest BCUT2D eigenvalue weighted by Crippen LogP contribution is 2.31. The number of rotatable bonds is 5. The molecule has 0 spiro atoms. The van der Waals surface area contributed by atoms with Gasteiger partial charge in [-0.05, 0) is 36.2 Å². The van der Waals surface area contributed by atoms with Crippen LogP contribution < -0.4 is 10.1 Å². The highest BCUT2D eigenvalue weighted by Gasteiger charge is 2.27. The van der Waals surface area contributed by atoms with Crippen molar-refractivity contribution in [3.63, 3.8) is 0 Å². The van der Waals surface area contributed by atoms with E-state index in [4.69, 9.17) is 9.47 Å². The van der Waals surface area contributed by atoms with Crippen LogP contribution in [0.1, 0.15) is 33.7 Å². The molecule has 1 fully saturated rings. The number of benzene rings is 1. The van der Waals surface area contributed by atoms with Gasteiger partial charge in [0.15, 0.2) is 0 Å². The number of hydrogen-bond donors (Lipinski definition) is 2. The monoisotopic (exact) mass is 420 g/mol. The first-order valence-corrected chi connectivity index (χ1v) is 10.5. The molecular weight excluding hydrogens is 396 g/mol. The van der Waals surface area contributed by atoms with Crippen molar-refractivity contribution in [1.29, 1.82) is 0 Å². The maximum absolute atomic E-state index is 12.9. The molecule has 0 saturated carbocycles. The molecule has 0 unspecified atom stereocenters. The van der Waals surface area contributed by atoms with Crippen LogP contribution in [0, 0.1) is 0 Å². The molecule has 0 bridgehead atoms. The summed E-state index contributed by atoms with van der Waals surface area (Å²) < 4.78 is 12.9. The third-order valence-corrected chi connectivity index (χ3v) is 5.68. The second-order valence-corrected chi connectivity index (χ2v) is 7.85. The van der Waals surface area contributed by atoms with E-state index in [0.717, 1.165) is 28.3 Å². The number of fused-ring (bicyclic) bond motifs is 1. The summed E-state index contributed by atoms with van der Waals surface area (Å²) in [5, 5.41) is 17.2. The standard InChI is InChI=1S/C23H24N4O4/c28-21-14-30-10-6-18(21)26-23(29)20-13-16(22-19(25-20)7-11-31-22)12-15-2-4-17(5-3-15)27-9-1-8-24-27/h1-5,8-9,13,18,21,28H,6-7,10-12,14H2,(H,26,29)/t18-,21-/m0/s1. The number of nitrogens with one attached hydrogen (secondary N) is 1. The van der Waals surface area contributed by atoms with Gasteiger partial charge in [0.1, 0.15) is 11.4 Å². The molecule has 2 aliphatic rings. The van der Waals surface area contributed by atoms with E-state index < -0.39 is 6.10 Å². The van der Waals surface area contributed by atoms with E-state index in [2.05, 4.69) is 27.5 Å². The molecule has 0 radical (unpaired) electrons. The van der Waals surface area contributed by atoms with Crippen molar-refractivity contribution in [3.05, 3.63) is 71.3 Å². The van der Waals surface area contributed by atoms with Crippen LogP contribution in [0.25, 0.3) is 5.69 Å². The molecule has 2 N–H and O–H groups in total. The van der Waals surface area contributed by atoms with Gasteiger partial charge in [0.25, 0.3) is 5.91 Å². The van der Waals surface area contributed by atoms with Gasteiger partial charge < -0.3 is 19.9 Å². The maximum Gasteiger partial charge on any atom is 0.270 e. The Morgan fingerprint density at radius 3 is 2.90 bits per heavy atom. The van der Waals surface area contributed by atoms with E-state index >= 15 is 0 Å². The molecule has 3 aromatic rings. The average Bonchev–Trinajstić information content (AvgIpc) is 3.48. The lowest BCUT2D eigenvalue weighted by molar-refractivity contribution is -0.0261. The second-order valence-electron chi connectivity index (χ2n) is 7.85. The van der Waals surface area contributed by atoms with Crippen molar-refractivity contribution in [3.8, 4) is 11.4 Å². The number of hydrogen-bond acceptors (Lipinski definition) is 6. The smallest absolute Gasteiger partial charge is 0.270 e. The molecule has 8 heteroatoms. The normalized spacial score (nSPS) is 20.2. The molecule has 0 aliphatic carbocycles. The number of carbonyl (C=O) groups is 1. The number of nitrogens with zero attached hydrogens (tertiary/aromatic N) is 3. The molecule has 2 aliphatic heterocycles. The summed E-state index contributed by atoms with van der Waals surface area (Å²) in [6.45, 7) is 1.32. The van der Waals surface area contributed by atoms with Crippen LogP contribution in [0.4, 0.5) is 0 Å². The van der Waals surface area contributed by atoms with Crippen LogP contribution in [0.5, 0.6) is 5.75 Å². The largest absolute Gasteiger partial charge is 0.491 e. The Bertz CT molecular complexity index is 1070. The van der Waals surface area contributed by atoms with Gasteiger partial charge in [-0.3, -0.25) is 4.79 Å². The van der Waals surface area contributed by atoms with Gasteiger partial charge >= 0.3 is 0 Å². The minimum Gasteiger partial charge on any atom is -0.491 e. The van der Waals surface area contributed by atoms with Crippen LogP contribution >= 0.6 is 0 Å². The van der Waals surface area contributed by atoms with Gasteiger partial charge in [0.05, 0.1) is 36.7 Å². The molecule has 1 amide bonds. The molecule has 2 aromatic heterocycles. The van der Waals surface area contributed by atoms with Crippen LogP contribution in [0.3, 0.4) is 0 Å². The zero-order chi connectivity index (χ0) is 21.2. The minimum absolute atomic E-state index is 0.232. The van der Waals surface area contributed by atoms with Crippen molar-refractivity contribution >= 4 is 5.91 Å². The Hall–Kier alpha value is -3.23. The van der Waals surface area contributed by atoms with Gasteiger partial charge in [-0.2, -0.15) is 5.10 Å². The second kappa shape index (κ2) is 8.49. The van der Waals surface area contributed by atoms with E-state index in [1.807, 2.05) is 29.1 Å². The Labute approximate surface area is 179 Å². The van der Waals surface area contributed by atoms with Gasteiger partial charge in [-0.15, -0.1) is 0 Å². The van der Waals surface area contributed by atoms with E-state index in [1.165, 1.54) is 0 Å². The Morgan fingerprint density at radius 1 is 1.26 bits per heavy atom. The van der Waals surface area contributed by atoms with Gasteiger partial charge in [0, 0.05) is 37.4 Å². The number of aliphatic hydroxyl groups excluding tert-OH is 1. The quantitative estimate of drug-likeness (QED) is 0.652. The average molecular weight is 420 g/mol. The van der Waals surface area contributed by atoms with E-state index in [0.29, 0.717) is 38.2 Å². The molecule has 31 heavy (non-hydrogen) atoms. The lowest BCUT2D eigenvalue weighted by Crippen LogP contribution is -2.48. The summed E-state index contributed by atoms with van der Waals surface area (Å²) in [6.07, 6.45) is 4.84. The van der Waals surface area contributed by atoms with Gasteiger partial charge in [-0.1, -0.05) is 12.1 Å². The van der Waals surface area contributed by atoms with Crippen LogP contribution in [0.2, 0.25) is 0 Å². The van der Waals surface area contributed by atoms with E-state index in [9.17, 15) is 9.90 Å². The highest BCUT2D eigenvalue weighted by atomic mass is 16.5. The number of carbonyl (C=O) groups excluding carboxylic acids is 1. The number of amides is 1. The van der Waals surface area contributed by atoms with Crippen LogP contribution in [-0.2, 0) is 17.6 Å². The van der Waals surface area contributed by atoms with Crippen molar-refractivity contribution in [2.45, 2.75) is 31.4 Å². The van der Waals surface area contributed by atoms with Crippen molar-refractivity contribution in [1.82, 2.24) is 20.1 Å². The number of pyridine rings is 1. The molecule has 1 aromatic carbocycles. The van der Waals surface area contributed by atoms with Crippen molar-refractivity contribution < 1.29 is 19.4 Å². The van der Waals surface area contributed by atoms with Gasteiger partial charge in [-0.25, -0.2) is 9.67 Å². The summed E-state index contributed by atoms with van der Waals surface area (Å²) in [4.78, 5) is 17.4. The third kappa shape index (κ3) is 4.17. The summed E-state index contributed by atoms with van der Waals surface area (Å²) >= 11 is 0. The summed E-state index contributed by atoms with van der Waals surface area (Å²) in [7, 11) is 0. The summed E-state index contributed by atoms with van der Waals surface area (Å²) in [5.41, 5.74) is 4.19. The predicted octanol–water partition coefficient (Wildman–Crippen LogP) is 1.67. The summed E-state index contributed by atoms with van der Waals surface area (Å²) in [6, 6.07) is 11.5. The maximum atomic E-state index is 12.9. The molecule has 4 heterocycles.